The Kier molecular flexibility index (Phi) is 5.76. The summed E-state index contributed by atoms with van der Waals surface area (Å²) in [6.45, 7) is 2.63. The number of carbonyl (C=O) groups excluding carboxylic acids is 1. The smallest absolute Gasteiger partial charge is 0.252 e. The molecule has 2 N–H and O–H groups in total. The highest BCUT2D eigenvalue weighted by Gasteiger charge is 2.27. The molecule has 2 aliphatic heterocycles. The molecule has 0 radical (unpaired) electrons. The molecule has 1 fully saturated rings. The van der Waals surface area contributed by atoms with Crippen molar-refractivity contribution in [2.75, 3.05) is 33.0 Å². The van der Waals surface area contributed by atoms with E-state index in [-0.39, 0.29) is 12.5 Å². The lowest BCUT2D eigenvalue weighted by Crippen LogP contribution is -2.38. The largest absolute Gasteiger partial charge is 0.493 e. The molecule has 1 amide bonds. The van der Waals surface area contributed by atoms with Crippen LogP contribution in [0.3, 0.4) is 0 Å². The summed E-state index contributed by atoms with van der Waals surface area (Å²) >= 11 is 0. The van der Waals surface area contributed by atoms with E-state index in [1.807, 2.05) is 30.3 Å². The molecule has 6 heteroatoms. The highest BCUT2D eigenvalue weighted by atomic mass is 19.1. The van der Waals surface area contributed by atoms with E-state index in [9.17, 15) is 9.18 Å². The fourth-order valence-corrected chi connectivity index (χ4v) is 3.99. The first-order valence-electron chi connectivity index (χ1n) is 9.78. The fraction of sp³-hybridized carbons (Fsp3) is 0.409. The topological polar surface area (TPSA) is 59.6 Å². The first-order valence-corrected chi connectivity index (χ1v) is 9.78. The number of hydrogen-bond acceptors (Lipinski definition) is 4. The van der Waals surface area contributed by atoms with Gasteiger partial charge in [0.2, 0.25) is 0 Å². The molecule has 0 aliphatic carbocycles. The van der Waals surface area contributed by atoms with E-state index in [1.54, 1.807) is 0 Å². The van der Waals surface area contributed by atoms with Gasteiger partial charge in [0.05, 0.1) is 6.61 Å². The standard InChI is InChI=1S/C22H25FN2O3/c23-8-10-27-18-4-1-15(2-5-18)20-7-9-24-12-17(20)14-28-19-6-3-16-13-25-22(26)21(16)11-19/h1-6,11,17,20,24H,7-10,12-14H2,(H,25,26)/t17-,20-/m0/s1. The fourth-order valence-electron chi connectivity index (χ4n) is 3.99. The molecule has 2 aliphatic rings. The van der Waals surface area contributed by atoms with E-state index in [4.69, 9.17) is 9.47 Å². The Morgan fingerprint density at radius 2 is 1.89 bits per heavy atom. The summed E-state index contributed by atoms with van der Waals surface area (Å²) in [6.07, 6.45) is 1.03. The number of benzene rings is 2. The summed E-state index contributed by atoms with van der Waals surface area (Å²) in [5.41, 5.74) is 2.97. The Labute approximate surface area is 164 Å². The van der Waals surface area contributed by atoms with Crippen molar-refractivity contribution >= 4 is 5.91 Å². The Morgan fingerprint density at radius 3 is 2.71 bits per heavy atom. The van der Waals surface area contributed by atoms with E-state index in [2.05, 4.69) is 22.8 Å². The van der Waals surface area contributed by atoms with Gasteiger partial charge in [0.25, 0.3) is 5.91 Å². The van der Waals surface area contributed by atoms with Crippen LogP contribution in [0.15, 0.2) is 42.5 Å². The van der Waals surface area contributed by atoms with Crippen LogP contribution in [0.1, 0.15) is 33.8 Å². The van der Waals surface area contributed by atoms with Crippen molar-refractivity contribution in [3.8, 4) is 11.5 Å². The average molecular weight is 384 g/mol. The minimum atomic E-state index is -0.486. The van der Waals surface area contributed by atoms with Gasteiger partial charge in [-0.15, -0.1) is 0 Å². The molecule has 0 aromatic heterocycles. The Balaban J connectivity index is 1.41. The van der Waals surface area contributed by atoms with Crippen LogP contribution >= 0.6 is 0 Å². The SMILES string of the molecule is O=C1NCc2ccc(OC[C@@H]3CNCC[C@H]3c3ccc(OCCF)cc3)cc21. The van der Waals surface area contributed by atoms with Crippen LogP contribution in [0.4, 0.5) is 4.39 Å². The van der Waals surface area contributed by atoms with E-state index < -0.39 is 6.67 Å². The maximum atomic E-state index is 12.3. The number of fused-ring (bicyclic) bond motifs is 1. The lowest BCUT2D eigenvalue weighted by Gasteiger charge is -2.32. The number of ether oxygens (including phenoxy) is 2. The van der Waals surface area contributed by atoms with Crippen LogP contribution in [0, 0.1) is 5.92 Å². The minimum Gasteiger partial charge on any atom is -0.493 e. The second kappa shape index (κ2) is 8.61. The number of amides is 1. The van der Waals surface area contributed by atoms with Gasteiger partial charge < -0.3 is 20.1 Å². The molecule has 1 saturated heterocycles. The van der Waals surface area contributed by atoms with E-state index in [1.165, 1.54) is 5.56 Å². The monoisotopic (exact) mass is 384 g/mol. The van der Waals surface area contributed by atoms with Gasteiger partial charge in [0.1, 0.15) is 24.8 Å². The molecular formula is C22H25FN2O3. The van der Waals surface area contributed by atoms with Gasteiger partial charge in [-0.3, -0.25) is 4.79 Å². The van der Waals surface area contributed by atoms with Gasteiger partial charge in [-0.25, -0.2) is 4.39 Å². The van der Waals surface area contributed by atoms with Crippen molar-refractivity contribution in [1.29, 1.82) is 0 Å². The summed E-state index contributed by atoms with van der Waals surface area (Å²) in [5, 5.41) is 6.28. The van der Waals surface area contributed by atoms with E-state index >= 15 is 0 Å². The normalized spacial score (nSPS) is 21.1. The quantitative estimate of drug-likeness (QED) is 0.770. The molecule has 0 spiro atoms. The van der Waals surface area contributed by atoms with Crippen molar-refractivity contribution in [2.24, 2.45) is 5.92 Å². The zero-order valence-corrected chi connectivity index (χ0v) is 15.7. The number of hydrogen-bond donors (Lipinski definition) is 2. The molecule has 148 valence electrons. The maximum absolute atomic E-state index is 12.3. The van der Waals surface area contributed by atoms with Crippen LogP contribution in [-0.4, -0.2) is 38.9 Å². The summed E-state index contributed by atoms with van der Waals surface area (Å²) < 4.78 is 23.6. The molecule has 4 rings (SSSR count). The summed E-state index contributed by atoms with van der Waals surface area (Å²) in [7, 11) is 0. The molecule has 5 nitrogen and oxygen atoms in total. The van der Waals surface area contributed by atoms with Crippen molar-refractivity contribution in [2.45, 2.75) is 18.9 Å². The highest BCUT2D eigenvalue weighted by Crippen LogP contribution is 2.32. The number of carbonyl (C=O) groups is 1. The van der Waals surface area contributed by atoms with Gasteiger partial charge >= 0.3 is 0 Å². The van der Waals surface area contributed by atoms with Crippen LogP contribution in [-0.2, 0) is 6.54 Å². The third kappa shape index (κ3) is 4.12. The van der Waals surface area contributed by atoms with Crippen molar-refractivity contribution < 1.29 is 18.7 Å². The number of halogens is 1. The van der Waals surface area contributed by atoms with Gasteiger partial charge in [-0.1, -0.05) is 18.2 Å². The van der Waals surface area contributed by atoms with Gasteiger partial charge in [0, 0.05) is 24.6 Å². The lowest BCUT2D eigenvalue weighted by molar-refractivity contribution is 0.0965. The average Bonchev–Trinajstić information content (AvgIpc) is 3.11. The third-order valence-electron chi connectivity index (χ3n) is 5.49. The van der Waals surface area contributed by atoms with E-state index in [0.717, 1.165) is 30.8 Å². The number of nitrogens with one attached hydrogen (secondary N) is 2. The summed E-state index contributed by atoms with van der Waals surface area (Å²) in [5.74, 6) is 2.10. The molecule has 2 heterocycles. The first-order chi connectivity index (χ1) is 13.7. The maximum Gasteiger partial charge on any atom is 0.252 e. The molecule has 28 heavy (non-hydrogen) atoms. The minimum absolute atomic E-state index is 0.0345. The number of piperidine rings is 1. The molecule has 0 unspecified atom stereocenters. The molecule has 2 atom stereocenters. The Morgan fingerprint density at radius 1 is 1.07 bits per heavy atom. The number of alkyl halides is 1. The summed E-state index contributed by atoms with van der Waals surface area (Å²) in [6, 6.07) is 13.7. The lowest BCUT2D eigenvalue weighted by atomic mass is 9.81. The molecule has 2 aromatic rings. The highest BCUT2D eigenvalue weighted by molar-refractivity contribution is 5.98. The second-order valence-electron chi connectivity index (χ2n) is 7.28. The van der Waals surface area contributed by atoms with Crippen molar-refractivity contribution in [1.82, 2.24) is 10.6 Å². The van der Waals surface area contributed by atoms with Crippen LogP contribution in [0.2, 0.25) is 0 Å². The predicted molar refractivity (Wildman–Crippen MR) is 105 cm³/mol. The first kappa shape index (κ1) is 18.7. The Bertz CT molecular complexity index is 825. The van der Waals surface area contributed by atoms with E-state index in [0.29, 0.717) is 36.3 Å². The third-order valence-corrected chi connectivity index (χ3v) is 5.49. The van der Waals surface area contributed by atoms with Crippen molar-refractivity contribution in [3.05, 3.63) is 59.2 Å². The molecule has 0 saturated carbocycles. The predicted octanol–water partition coefficient (Wildman–Crippen LogP) is 3.05. The van der Waals surface area contributed by atoms with Crippen LogP contribution < -0.4 is 20.1 Å². The molecular weight excluding hydrogens is 359 g/mol. The molecule has 0 bridgehead atoms. The zero-order chi connectivity index (χ0) is 19.3. The summed E-state index contributed by atoms with van der Waals surface area (Å²) in [4.78, 5) is 11.8. The zero-order valence-electron chi connectivity index (χ0n) is 15.7. The number of rotatable bonds is 7. The molecule has 2 aromatic carbocycles. The second-order valence-corrected chi connectivity index (χ2v) is 7.28. The van der Waals surface area contributed by atoms with Crippen LogP contribution in [0.5, 0.6) is 11.5 Å². The van der Waals surface area contributed by atoms with Gasteiger partial charge in [0.15, 0.2) is 0 Å². The van der Waals surface area contributed by atoms with Crippen molar-refractivity contribution in [3.63, 3.8) is 0 Å². The van der Waals surface area contributed by atoms with Gasteiger partial charge in [-0.05, 0) is 54.3 Å². The Hall–Kier alpha value is -2.60. The van der Waals surface area contributed by atoms with Crippen LogP contribution in [0.25, 0.3) is 0 Å². The van der Waals surface area contributed by atoms with Gasteiger partial charge in [-0.2, -0.15) is 0 Å².